The quantitative estimate of drug-likeness (QED) is 0.600. The van der Waals surface area contributed by atoms with E-state index in [1.165, 1.54) is 11.0 Å². The topological polar surface area (TPSA) is 90.7 Å². The average Bonchev–Trinajstić information content (AvgIpc) is 3.38. The molecule has 5 rings (SSSR count). The van der Waals surface area contributed by atoms with Gasteiger partial charge in [0.25, 0.3) is 0 Å². The molecule has 3 fully saturated rings. The van der Waals surface area contributed by atoms with Crippen LogP contribution in [0.15, 0.2) is 48.5 Å². The smallest absolute Gasteiger partial charge is 0.367 e. The molecule has 3 heterocycles. The Balaban J connectivity index is 1.52. The van der Waals surface area contributed by atoms with Crippen LogP contribution in [-0.2, 0) is 25.3 Å². The maximum absolute atomic E-state index is 13.6. The molecule has 0 aromatic heterocycles. The number of nitriles is 1. The van der Waals surface area contributed by atoms with E-state index in [1.54, 1.807) is 45.2 Å². The second kappa shape index (κ2) is 7.64. The van der Waals surface area contributed by atoms with Crippen molar-refractivity contribution in [2.75, 3.05) is 16.8 Å². The van der Waals surface area contributed by atoms with Gasteiger partial charge in [-0.05, 0) is 50.6 Å². The van der Waals surface area contributed by atoms with Crippen molar-refractivity contribution in [1.82, 2.24) is 0 Å². The molecule has 0 N–H and O–H groups in total. The highest BCUT2D eigenvalue weighted by Gasteiger charge is 2.77. The van der Waals surface area contributed by atoms with E-state index in [9.17, 15) is 27.6 Å². The summed E-state index contributed by atoms with van der Waals surface area (Å²) in [5.74, 6) is -4.37. The van der Waals surface area contributed by atoms with E-state index >= 15 is 0 Å². The zero-order valence-electron chi connectivity index (χ0n) is 19.7. The summed E-state index contributed by atoms with van der Waals surface area (Å²) in [6.07, 6.45) is -4.66. The fourth-order valence-corrected chi connectivity index (χ4v) is 6.16. The summed E-state index contributed by atoms with van der Waals surface area (Å²) in [5, 5.41) is 9.08. The van der Waals surface area contributed by atoms with Crippen molar-refractivity contribution < 1.29 is 32.3 Å². The monoisotopic (exact) mass is 497 g/mol. The summed E-state index contributed by atoms with van der Waals surface area (Å²) >= 11 is 0. The van der Waals surface area contributed by atoms with Gasteiger partial charge in [0.1, 0.15) is 0 Å². The Bertz CT molecular complexity index is 1340. The number of para-hydroxylation sites is 1. The summed E-state index contributed by atoms with van der Waals surface area (Å²) < 4.78 is 46.8. The molecule has 0 spiro atoms. The maximum Gasteiger partial charge on any atom is 0.417 e. The molecule has 3 amide bonds. The van der Waals surface area contributed by atoms with Gasteiger partial charge in [-0.15, -0.1) is 0 Å². The molecule has 186 valence electrons. The van der Waals surface area contributed by atoms with Crippen molar-refractivity contribution in [2.45, 2.75) is 37.6 Å². The first-order valence-corrected chi connectivity index (χ1v) is 11.4. The third kappa shape index (κ3) is 3.19. The number of halogens is 3. The number of hydrogen-bond acceptors (Lipinski definition) is 5. The maximum atomic E-state index is 13.6. The number of fused-ring (bicyclic) bond motifs is 5. The summed E-state index contributed by atoms with van der Waals surface area (Å²) in [7, 11) is 1.62. The van der Waals surface area contributed by atoms with E-state index in [-0.39, 0.29) is 18.0 Å². The minimum atomic E-state index is -4.84. The lowest BCUT2D eigenvalue weighted by atomic mass is 9.63. The van der Waals surface area contributed by atoms with Crippen molar-refractivity contribution in [3.63, 3.8) is 0 Å². The van der Waals surface area contributed by atoms with Crippen molar-refractivity contribution in [3.05, 3.63) is 59.7 Å². The van der Waals surface area contributed by atoms with E-state index < -0.39 is 58.1 Å². The van der Waals surface area contributed by atoms with Crippen LogP contribution in [-0.4, -0.2) is 36.0 Å². The lowest BCUT2D eigenvalue weighted by molar-refractivity contribution is -0.138. The zero-order valence-corrected chi connectivity index (χ0v) is 19.7. The van der Waals surface area contributed by atoms with E-state index in [1.807, 2.05) is 6.07 Å². The van der Waals surface area contributed by atoms with Crippen molar-refractivity contribution in [2.24, 2.45) is 17.8 Å². The van der Waals surface area contributed by atoms with Crippen molar-refractivity contribution in [3.8, 4) is 6.07 Å². The number of imide groups is 1. The van der Waals surface area contributed by atoms with Crippen LogP contribution in [0.4, 0.5) is 24.5 Å². The highest BCUT2D eigenvalue weighted by Crippen LogP contribution is 2.63. The predicted molar refractivity (Wildman–Crippen MR) is 121 cm³/mol. The van der Waals surface area contributed by atoms with Crippen molar-refractivity contribution in [1.29, 1.82) is 5.26 Å². The van der Waals surface area contributed by atoms with Gasteiger partial charge < -0.3 is 9.64 Å². The second-order valence-corrected chi connectivity index (χ2v) is 9.89. The molecule has 5 atom stereocenters. The van der Waals surface area contributed by atoms with Crippen LogP contribution in [0.3, 0.4) is 0 Å². The van der Waals surface area contributed by atoms with Crippen molar-refractivity contribution >= 4 is 29.1 Å². The number of rotatable bonds is 3. The Morgan fingerprint density at radius 2 is 1.75 bits per heavy atom. The molecule has 2 aromatic carbocycles. The minimum Gasteiger partial charge on any atom is -0.367 e. The van der Waals surface area contributed by atoms with Crippen LogP contribution >= 0.6 is 0 Å². The molecular formula is C26H22F3N3O4. The Hall–Kier alpha value is -3.71. The number of alkyl halides is 3. The third-order valence-electron chi connectivity index (χ3n) is 7.80. The van der Waals surface area contributed by atoms with Crippen LogP contribution in [0.25, 0.3) is 0 Å². The number of nitrogens with zero attached hydrogens (tertiary/aromatic N) is 3. The lowest BCUT2D eigenvalue weighted by Gasteiger charge is -2.36. The van der Waals surface area contributed by atoms with Crippen LogP contribution in [0.2, 0.25) is 0 Å². The third-order valence-corrected chi connectivity index (χ3v) is 7.80. The molecule has 36 heavy (non-hydrogen) atoms. The Morgan fingerprint density at radius 3 is 2.36 bits per heavy atom. The van der Waals surface area contributed by atoms with Crippen LogP contribution in [0.5, 0.6) is 0 Å². The molecule has 3 aliphatic heterocycles. The number of benzene rings is 2. The number of carbonyl (C=O) groups is 3. The number of anilines is 2. The van der Waals surface area contributed by atoms with Gasteiger partial charge in [-0.25, -0.2) is 4.90 Å². The van der Waals surface area contributed by atoms with Gasteiger partial charge in [0.2, 0.25) is 17.7 Å². The Labute approximate surface area is 205 Å². The lowest BCUT2D eigenvalue weighted by Crippen LogP contribution is -2.52. The van der Waals surface area contributed by atoms with Gasteiger partial charge in [-0.3, -0.25) is 14.4 Å². The molecule has 3 aliphatic rings. The highest BCUT2D eigenvalue weighted by molar-refractivity contribution is 6.23. The number of ether oxygens (including phenoxy) is 1. The SMILES string of the molecule is CN(C(=O)[C@@H]1C[C@@]2(C)O[C@@]1(C)[C@@H]1C(=O)N(c3ccc(C#N)c(C(F)(F)F)c3)C(=O)[C@@H]12)c1ccccc1. The van der Waals surface area contributed by atoms with Gasteiger partial charge in [-0.1, -0.05) is 18.2 Å². The normalized spacial score (nSPS) is 30.9. The molecule has 0 unspecified atom stereocenters. The fourth-order valence-electron chi connectivity index (χ4n) is 6.16. The van der Waals surface area contributed by atoms with E-state index in [0.717, 1.165) is 17.0 Å². The Kier molecular flexibility index (Phi) is 5.10. The standard InChI is InChI=1S/C26H22F3N3O4/c1-24-12-18(21(33)31(3)15-7-5-4-6-8-15)25(2,36-24)20-19(24)22(34)32(23(20)35)16-10-9-14(13-30)17(11-16)26(27,28)29/h4-11,18-20H,12H2,1-3H3/t18-,19+,20-,24+,25+/m0/s1. The molecule has 0 radical (unpaired) electrons. The summed E-state index contributed by atoms with van der Waals surface area (Å²) in [6.45, 7) is 3.29. The molecular weight excluding hydrogens is 475 g/mol. The second-order valence-electron chi connectivity index (χ2n) is 9.89. The molecule has 0 saturated carbocycles. The first-order chi connectivity index (χ1) is 16.8. The summed E-state index contributed by atoms with van der Waals surface area (Å²) in [6, 6.07) is 13.2. The molecule has 10 heteroatoms. The van der Waals surface area contributed by atoms with Gasteiger partial charge in [0, 0.05) is 12.7 Å². The Morgan fingerprint density at radius 1 is 1.11 bits per heavy atom. The van der Waals surface area contributed by atoms with Crippen LogP contribution in [0, 0.1) is 29.1 Å². The first-order valence-electron chi connectivity index (χ1n) is 11.4. The number of carbonyl (C=O) groups excluding carboxylic acids is 3. The highest BCUT2D eigenvalue weighted by atomic mass is 19.4. The van der Waals surface area contributed by atoms with Gasteiger partial charge >= 0.3 is 6.18 Å². The van der Waals surface area contributed by atoms with Gasteiger partial charge in [0.15, 0.2) is 0 Å². The molecule has 3 saturated heterocycles. The molecule has 0 aliphatic carbocycles. The van der Waals surface area contributed by atoms with E-state index in [4.69, 9.17) is 10.00 Å². The summed E-state index contributed by atoms with van der Waals surface area (Å²) in [4.78, 5) is 42.8. The molecule has 2 aromatic rings. The first kappa shape index (κ1) is 24.0. The molecule has 7 nitrogen and oxygen atoms in total. The molecule has 2 bridgehead atoms. The number of hydrogen-bond donors (Lipinski definition) is 0. The van der Waals surface area contributed by atoms with Gasteiger partial charge in [0.05, 0.1) is 51.8 Å². The average molecular weight is 497 g/mol. The fraction of sp³-hybridized carbons (Fsp3) is 0.385. The van der Waals surface area contributed by atoms with Crippen LogP contribution < -0.4 is 9.80 Å². The van der Waals surface area contributed by atoms with Crippen LogP contribution in [0.1, 0.15) is 31.4 Å². The van der Waals surface area contributed by atoms with Gasteiger partial charge in [-0.2, -0.15) is 18.4 Å². The van der Waals surface area contributed by atoms with E-state index in [0.29, 0.717) is 11.8 Å². The minimum absolute atomic E-state index is 0.189. The summed E-state index contributed by atoms with van der Waals surface area (Å²) in [5.41, 5.74) is -3.90. The predicted octanol–water partition coefficient (Wildman–Crippen LogP) is 3.91. The largest absolute Gasteiger partial charge is 0.417 e. The number of amides is 3. The zero-order chi connectivity index (χ0) is 26.2. The van der Waals surface area contributed by atoms with E-state index in [2.05, 4.69) is 0 Å².